The summed E-state index contributed by atoms with van der Waals surface area (Å²) in [7, 11) is 1.77. The van der Waals surface area contributed by atoms with Gasteiger partial charge < -0.3 is 15.0 Å². The highest BCUT2D eigenvalue weighted by Gasteiger charge is 2.32. The van der Waals surface area contributed by atoms with E-state index in [1.165, 1.54) is 24.1 Å². The fourth-order valence-electron chi connectivity index (χ4n) is 3.39. The van der Waals surface area contributed by atoms with Crippen molar-refractivity contribution in [3.63, 3.8) is 0 Å². The van der Waals surface area contributed by atoms with Gasteiger partial charge in [0.2, 0.25) is 0 Å². The van der Waals surface area contributed by atoms with Crippen LogP contribution in [0.25, 0.3) is 0 Å². The monoisotopic (exact) mass is 290 g/mol. The number of ether oxygens (including phenoxy) is 1. The molecule has 1 fully saturated rings. The quantitative estimate of drug-likeness (QED) is 0.868. The molecule has 0 bridgehead atoms. The topological polar surface area (TPSA) is 24.5 Å². The van der Waals surface area contributed by atoms with Crippen LogP contribution in [0.3, 0.4) is 0 Å². The van der Waals surface area contributed by atoms with Gasteiger partial charge in [-0.25, -0.2) is 0 Å². The van der Waals surface area contributed by atoms with Crippen molar-refractivity contribution in [3.05, 3.63) is 29.8 Å². The summed E-state index contributed by atoms with van der Waals surface area (Å²) in [5.41, 5.74) is 2.63. The van der Waals surface area contributed by atoms with E-state index in [9.17, 15) is 0 Å². The van der Waals surface area contributed by atoms with Gasteiger partial charge in [0, 0.05) is 37.0 Å². The van der Waals surface area contributed by atoms with Crippen LogP contribution in [0.4, 0.5) is 5.69 Å². The molecule has 21 heavy (non-hydrogen) atoms. The molecule has 0 spiro atoms. The Balaban J connectivity index is 2.12. The van der Waals surface area contributed by atoms with Gasteiger partial charge in [0.15, 0.2) is 0 Å². The molecule has 0 radical (unpaired) electrons. The second-order valence-electron chi connectivity index (χ2n) is 6.20. The summed E-state index contributed by atoms with van der Waals surface area (Å²) in [4.78, 5) is 2.56. The number of nitrogens with one attached hydrogen (secondary N) is 1. The van der Waals surface area contributed by atoms with Crippen molar-refractivity contribution in [2.45, 2.75) is 52.3 Å². The van der Waals surface area contributed by atoms with Crippen LogP contribution in [0.2, 0.25) is 0 Å². The Kier molecular flexibility index (Phi) is 6.07. The van der Waals surface area contributed by atoms with Gasteiger partial charge in [-0.2, -0.15) is 0 Å². The number of benzene rings is 1. The molecular weight excluding hydrogens is 260 g/mol. The van der Waals surface area contributed by atoms with Crippen LogP contribution in [-0.2, 0) is 11.3 Å². The zero-order chi connectivity index (χ0) is 15.2. The predicted octanol–water partition coefficient (Wildman–Crippen LogP) is 3.44. The minimum atomic E-state index is 0.547. The minimum Gasteiger partial charge on any atom is -0.380 e. The fourth-order valence-corrected chi connectivity index (χ4v) is 3.39. The summed E-state index contributed by atoms with van der Waals surface area (Å²) in [5, 5.41) is 3.71. The molecule has 1 aliphatic rings. The molecule has 1 aromatic rings. The van der Waals surface area contributed by atoms with Crippen LogP contribution in [0, 0.1) is 5.92 Å². The van der Waals surface area contributed by atoms with Crippen LogP contribution < -0.4 is 10.2 Å². The van der Waals surface area contributed by atoms with Crippen molar-refractivity contribution in [3.8, 4) is 0 Å². The highest BCUT2D eigenvalue weighted by Crippen LogP contribution is 2.31. The molecule has 3 atom stereocenters. The fraction of sp³-hybridized carbons (Fsp3) is 0.667. The second-order valence-corrected chi connectivity index (χ2v) is 6.20. The van der Waals surface area contributed by atoms with E-state index >= 15 is 0 Å². The predicted molar refractivity (Wildman–Crippen MR) is 89.8 cm³/mol. The first kappa shape index (κ1) is 16.3. The van der Waals surface area contributed by atoms with E-state index in [4.69, 9.17) is 4.74 Å². The molecule has 0 aromatic heterocycles. The lowest BCUT2D eigenvalue weighted by molar-refractivity contribution is 0.184. The van der Waals surface area contributed by atoms with E-state index in [-0.39, 0.29) is 0 Å². The molecule has 2 rings (SSSR count). The van der Waals surface area contributed by atoms with Crippen molar-refractivity contribution in [1.29, 1.82) is 0 Å². The maximum Gasteiger partial charge on any atom is 0.0733 e. The van der Waals surface area contributed by atoms with Crippen molar-refractivity contribution in [1.82, 2.24) is 5.32 Å². The van der Waals surface area contributed by atoms with E-state index in [1.54, 1.807) is 7.11 Å². The Morgan fingerprint density at radius 1 is 1.29 bits per heavy atom. The van der Waals surface area contributed by atoms with Crippen molar-refractivity contribution >= 4 is 5.69 Å². The van der Waals surface area contributed by atoms with Crippen molar-refractivity contribution in [2.24, 2.45) is 5.92 Å². The van der Waals surface area contributed by atoms with Gasteiger partial charge in [-0.3, -0.25) is 0 Å². The molecular formula is C18H30N2O. The normalized spacial score (nSPS) is 26.1. The zero-order valence-electron chi connectivity index (χ0n) is 13.9. The van der Waals surface area contributed by atoms with Gasteiger partial charge in [0.25, 0.3) is 0 Å². The number of hydrogen-bond donors (Lipinski definition) is 1. The molecule has 3 heteroatoms. The first-order valence-corrected chi connectivity index (χ1v) is 8.25. The third-order valence-electron chi connectivity index (χ3n) is 4.83. The summed E-state index contributed by atoms with van der Waals surface area (Å²) >= 11 is 0. The molecule has 0 aliphatic carbocycles. The minimum absolute atomic E-state index is 0.547. The Morgan fingerprint density at radius 3 is 2.76 bits per heavy atom. The highest BCUT2D eigenvalue weighted by molar-refractivity contribution is 5.54. The molecule has 3 nitrogen and oxygen atoms in total. The van der Waals surface area contributed by atoms with E-state index in [0.29, 0.717) is 24.6 Å². The molecule has 1 saturated heterocycles. The van der Waals surface area contributed by atoms with E-state index in [2.05, 4.69) is 55.3 Å². The molecule has 118 valence electrons. The Labute approximate surface area is 129 Å². The first-order chi connectivity index (χ1) is 10.2. The molecule has 0 amide bonds. The van der Waals surface area contributed by atoms with Crippen LogP contribution in [0.5, 0.6) is 0 Å². The summed E-state index contributed by atoms with van der Waals surface area (Å²) in [6.45, 7) is 9.90. The van der Waals surface area contributed by atoms with Crippen molar-refractivity contribution in [2.75, 3.05) is 25.1 Å². The van der Waals surface area contributed by atoms with E-state index < -0.39 is 0 Å². The van der Waals surface area contributed by atoms with E-state index in [0.717, 1.165) is 13.1 Å². The van der Waals surface area contributed by atoms with Gasteiger partial charge in [0.05, 0.1) is 6.61 Å². The molecule has 1 aliphatic heterocycles. The molecule has 1 aromatic carbocycles. The van der Waals surface area contributed by atoms with Gasteiger partial charge in [-0.1, -0.05) is 32.0 Å². The maximum atomic E-state index is 5.36. The molecule has 0 saturated carbocycles. The number of nitrogens with zero attached hydrogens (tertiary/aromatic N) is 1. The first-order valence-electron chi connectivity index (χ1n) is 8.25. The van der Waals surface area contributed by atoms with Crippen LogP contribution in [0.1, 0.15) is 39.2 Å². The third-order valence-corrected chi connectivity index (χ3v) is 4.83. The number of anilines is 1. The SMILES string of the molecule is CCCNC1CCN(c2ccccc2COC)C(C)C1C. The lowest BCUT2D eigenvalue weighted by Gasteiger charge is -2.45. The lowest BCUT2D eigenvalue weighted by atomic mass is 9.86. The number of rotatable bonds is 6. The summed E-state index contributed by atoms with van der Waals surface area (Å²) in [5.74, 6) is 0.654. The van der Waals surface area contributed by atoms with Crippen LogP contribution >= 0.6 is 0 Å². The maximum absolute atomic E-state index is 5.36. The summed E-state index contributed by atoms with van der Waals surface area (Å²) in [6.07, 6.45) is 2.42. The smallest absolute Gasteiger partial charge is 0.0733 e. The van der Waals surface area contributed by atoms with Gasteiger partial charge in [-0.05, 0) is 38.3 Å². The summed E-state index contributed by atoms with van der Waals surface area (Å²) < 4.78 is 5.36. The summed E-state index contributed by atoms with van der Waals surface area (Å²) in [6, 6.07) is 9.83. The Bertz CT molecular complexity index is 435. The molecule has 3 unspecified atom stereocenters. The van der Waals surface area contributed by atoms with Crippen LogP contribution in [-0.4, -0.2) is 32.3 Å². The van der Waals surface area contributed by atoms with E-state index in [1.807, 2.05) is 0 Å². The standard InChI is InChI=1S/C18H30N2O/c1-5-11-19-17-10-12-20(15(3)14(17)2)18-9-7-6-8-16(18)13-21-4/h6-9,14-15,17,19H,5,10-13H2,1-4H3. The Hall–Kier alpha value is -1.06. The highest BCUT2D eigenvalue weighted by atomic mass is 16.5. The van der Waals surface area contributed by atoms with Gasteiger partial charge in [0.1, 0.15) is 0 Å². The molecule has 1 N–H and O–H groups in total. The number of para-hydroxylation sites is 1. The van der Waals surface area contributed by atoms with Gasteiger partial charge >= 0.3 is 0 Å². The number of hydrogen-bond acceptors (Lipinski definition) is 3. The van der Waals surface area contributed by atoms with Crippen molar-refractivity contribution < 1.29 is 4.74 Å². The van der Waals surface area contributed by atoms with Crippen LogP contribution in [0.15, 0.2) is 24.3 Å². The average molecular weight is 290 g/mol. The third kappa shape index (κ3) is 3.78. The Morgan fingerprint density at radius 2 is 2.05 bits per heavy atom. The number of methoxy groups -OCH3 is 1. The van der Waals surface area contributed by atoms with Gasteiger partial charge in [-0.15, -0.1) is 0 Å². The largest absolute Gasteiger partial charge is 0.380 e. The average Bonchev–Trinajstić information content (AvgIpc) is 2.50. The molecule has 1 heterocycles. The zero-order valence-corrected chi connectivity index (χ0v) is 13.9. The second kappa shape index (κ2) is 7.81. The number of piperidine rings is 1. The lowest BCUT2D eigenvalue weighted by Crippen LogP contribution is -2.53.